The van der Waals surface area contributed by atoms with Crippen LogP contribution in [0.1, 0.15) is 20.3 Å². The predicted molar refractivity (Wildman–Crippen MR) is 63.4 cm³/mol. The van der Waals surface area contributed by atoms with E-state index in [4.69, 9.17) is 0 Å². The highest BCUT2D eigenvalue weighted by molar-refractivity contribution is 5.80. The fourth-order valence-corrected chi connectivity index (χ4v) is 1.86. The Hall–Kier alpha value is -0.740. The highest BCUT2D eigenvalue weighted by atomic mass is 16.1. The van der Waals surface area contributed by atoms with E-state index >= 15 is 0 Å². The maximum Gasteiger partial charge on any atom is 0.136 e. The molecule has 1 fully saturated rings. The van der Waals surface area contributed by atoms with E-state index in [0.29, 0.717) is 18.7 Å². The Morgan fingerprint density at radius 1 is 1.19 bits per heavy atom. The Morgan fingerprint density at radius 3 is 2.25 bits per heavy atom. The number of nitrogens with zero attached hydrogens (tertiary/aromatic N) is 2. The summed E-state index contributed by atoms with van der Waals surface area (Å²) in [6.07, 6.45) is 1.61. The summed E-state index contributed by atoms with van der Waals surface area (Å²) in [6.45, 7) is 9.13. The normalized spacial score (nSPS) is 18.9. The van der Waals surface area contributed by atoms with Gasteiger partial charge in [-0.1, -0.05) is 13.8 Å². The van der Waals surface area contributed by atoms with Gasteiger partial charge in [-0.3, -0.25) is 9.69 Å². The minimum Gasteiger partial charge on any atom is -0.302 e. The molecule has 0 unspecified atom stereocenters. The second-order valence-corrected chi connectivity index (χ2v) is 4.68. The Kier molecular flexibility index (Phi) is 5.63. The first-order chi connectivity index (χ1) is 7.63. The molecule has 4 heteroatoms. The number of ketones is 1. The molecule has 0 spiro atoms. The summed E-state index contributed by atoms with van der Waals surface area (Å²) < 4.78 is 0. The molecule has 1 heterocycles. The molecular formula is C12H22N2O2. The van der Waals surface area contributed by atoms with Gasteiger partial charge in [0.25, 0.3) is 0 Å². The van der Waals surface area contributed by atoms with Crippen LogP contribution in [0.5, 0.6) is 0 Å². The number of carbonyl (C=O) groups is 2. The topological polar surface area (TPSA) is 40.6 Å². The SMILES string of the molecule is CC(C)C(=O)CCN1CCN(CC=O)CC1. The van der Waals surface area contributed by atoms with E-state index in [1.165, 1.54) is 0 Å². The van der Waals surface area contributed by atoms with E-state index < -0.39 is 0 Å². The Bertz CT molecular complexity index is 233. The Labute approximate surface area is 97.6 Å². The molecule has 0 amide bonds. The Morgan fingerprint density at radius 2 is 1.75 bits per heavy atom. The van der Waals surface area contributed by atoms with Crippen molar-refractivity contribution in [3.63, 3.8) is 0 Å². The first kappa shape index (κ1) is 13.3. The fraction of sp³-hybridized carbons (Fsp3) is 0.833. The zero-order chi connectivity index (χ0) is 12.0. The third kappa shape index (κ3) is 4.41. The zero-order valence-corrected chi connectivity index (χ0v) is 10.3. The second-order valence-electron chi connectivity index (χ2n) is 4.68. The van der Waals surface area contributed by atoms with Crippen LogP contribution >= 0.6 is 0 Å². The van der Waals surface area contributed by atoms with Gasteiger partial charge in [-0.15, -0.1) is 0 Å². The van der Waals surface area contributed by atoms with Crippen LogP contribution in [0, 0.1) is 5.92 Å². The lowest BCUT2D eigenvalue weighted by Gasteiger charge is -2.33. The van der Waals surface area contributed by atoms with Crippen molar-refractivity contribution < 1.29 is 9.59 Å². The van der Waals surface area contributed by atoms with Crippen molar-refractivity contribution in [2.24, 2.45) is 5.92 Å². The lowest BCUT2D eigenvalue weighted by Crippen LogP contribution is -2.47. The van der Waals surface area contributed by atoms with Crippen molar-refractivity contribution >= 4 is 12.1 Å². The number of piperazine rings is 1. The number of carbonyl (C=O) groups excluding carboxylic acids is 2. The number of Topliss-reactive ketones (excluding diaryl/α,β-unsaturated/α-hetero) is 1. The quantitative estimate of drug-likeness (QED) is 0.615. The minimum absolute atomic E-state index is 0.149. The summed E-state index contributed by atoms with van der Waals surface area (Å²) in [4.78, 5) is 26.3. The third-order valence-corrected chi connectivity index (χ3v) is 3.12. The standard InChI is InChI=1S/C12H22N2O2/c1-11(2)12(16)3-4-13-5-7-14(8-6-13)9-10-15/h10-11H,3-9H2,1-2H3. The molecule has 0 aromatic rings. The number of hydrogen-bond acceptors (Lipinski definition) is 4. The van der Waals surface area contributed by atoms with Gasteiger partial charge in [-0.25, -0.2) is 0 Å². The van der Waals surface area contributed by atoms with Gasteiger partial charge in [-0.2, -0.15) is 0 Å². The van der Waals surface area contributed by atoms with E-state index in [1.807, 2.05) is 13.8 Å². The molecule has 0 N–H and O–H groups in total. The van der Waals surface area contributed by atoms with Gasteiger partial charge in [0.15, 0.2) is 0 Å². The van der Waals surface area contributed by atoms with Crippen molar-refractivity contribution in [3.8, 4) is 0 Å². The summed E-state index contributed by atoms with van der Waals surface area (Å²) in [5.41, 5.74) is 0. The smallest absolute Gasteiger partial charge is 0.136 e. The molecule has 4 nitrogen and oxygen atoms in total. The van der Waals surface area contributed by atoms with Crippen molar-refractivity contribution in [1.82, 2.24) is 9.80 Å². The first-order valence-electron chi connectivity index (χ1n) is 6.04. The van der Waals surface area contributed by atoms with Gasteiger partial charge in [0.1, 0.15) is 12.1 Å². The van der Waals surface area contributed by atoms with Crippen molar-refractivity contribution in [2.45, 2.75) is 20.3 Å². The van der Waals surface area contributed by atoms with Crippen LogP contribution in [-0.4, -0.2) is 61.1 Å². The van der Waals surface area contributed by atoms with Crippen LogP contribution < -0.4 is 0 Å². The molecule has 0 aliphatic carbocycles. The molecule has 0 aromatic heterocycles. The first-order valence-corrected chi connectivity index (χ1v) is 6.04. The monoisotopic (exact) mass is 226 g/mol. The molecule has 1 saturated heterocycles. The summed E-state index contributed by atoms with van der Waals surface area (Å²) >= 11 is 0. The van der Waals surface area contributed by atoms with Crippen LogP contribution in [0.2, 0.25) is 0 Å². The van der Waals surface area contributed by atoms with Crippen LogP contribution in [-0.2, 0) is 9.59 Å². The van der Waals surface area contributed by atoms with Gasteiger partial charge >= 0.3 is 0 Å². The second kappa shape index (κ2) is 6.76. The molecule has 1 aliphatic heterocycles. The fourth-order valence-electron chi connectivity index (χ4n) is 1.86. The van der Waals surface area contributed by atoms with E-state index in [-0.39, 0.29) is 5.92 Å². The van der Waals surface area contributed by atoms with Crippen molar-refractivity contribution in [2.75, 3.05) is 39.3 Å². The maximum absolute atomic E-state index is 11.5. The summed E-state index contributed by atoms with van der Waals surface area (Å²) in [7, 11) is 0. The van der Waals surface area contributed by atoms with E-state index in [2.05, 4.69) is 9.80 Å². The van der Waals surface area contributed by atoms with Crippen molar-refractivity contribution in [3.05, 3.63) is 0 Å². The van der Waals surface area contributed by atoms with E-state index in [0.717, 1.165) is 39.0 Å². The molecule has 1 aliphatic rings. The van der Waals surface area contributed by atoms with Gasteiger partial charge in [0.2, 0.25) is 0 Å². The van der Waals surface area contributed by atoms with Gasteiger partial charge in [0.05, 0.1) is 6.54 Å². The van der Waals surface area contributed by atoms with Crippen LogP contribution in [0.3, 0.4) is 0 Å². The maximum atomic E-state index is 11.5. The lowest BCUT2D eigenvalue weighted by atomic mass is 10.1. The minimum atomic E-state index is 0.149. The molecular weight excluding hydrogens is 204 g/mol. The van der Waals surface area contributed by atoms with Crippen LogP contribution in [0.4, 0.5) is 0 Å². The molecule has 0 saturated carbocycles. The lowest BCUT2D eigenvalue weighted by molar-refractivity contribution is -0.122. The average molecular weight is 226 g/mol. The van der Waals surface area contributed by atoms with E-state index in [1.54, 1.807) is 0 Å². The van der Waals surface area contributed by atoms with Gasteiger partial charge in [0, 0.05) is 45.1 Å². The molecule has 0 bridgehead atoms. The molecule has 92 valence electrons. The highest BCUT2D eigenvalue weighted by Crippen LogP contribution is 2.04. The summed E-state index contributed by atoms with van der Waals surface area (Å²) in [6, 6.07) is 0. The number of aldehydes is 1. The summed E-state index contributed by atoms with van der Waals surface area (Å²) in [5.74, 6) is 0.492. The third-order valence-electron chi connectivity index (χ3n) is 3.12. The zero-order valence-electron chi connectivity index (χ0n) is 10.3. The average Bonchev–Trinajstić information content (AvgIpc) is 2.28. The highest BCUT2D eigenvalue weighted by Gasteiger charge is 2.17. The number of rotatable bonds is 6. The largest absolute Gasteiger partial charge is 0.302 e. The van der Waals surface area contributed by atoms with Crippen molar-refractivity contribution in [1.29, 1.82) is 0 Å². The number of hydrogen-bond donors (Lipinski definition) is 0. The van der Waals surface area contributed by atoms with Gasteiger partial charge in [-0.05, 0) is 0 Å². The molecule has 1 rings (SSSR count). The Balaban J connectivity index is 2.17. The predicted octanol–water partition coefficient (Wildman–Crippen LogP) is 0.418. The molecule has 0 aromatic carbocycles. The van der Waals surface area contributed by atoms with Crippen LogP contribution in [0.25, 0.3) is 0 Å². The summed E-state index contributed by atoms with van der Waals surface area (Å²) in [5, 5.41) is 0. The van der Waals surface area contributed by atoms with Crippen LogP contribution in [0.15, 0.2) is 0 Å². The molecule has 0 atom stereocenters. The van der Waals surface area contributed by atoms with Gasteiger partial charge < -0.3 is 9.69 Å². The molecule has 16 heavy (non-hydrogen) atoms. The van der Waals surface area contributed by atoms with E-state index in [9.17, 15) is 9.59 Å². The molecule has 0 radical (unpaired) electrons.